The Morgan fingerprint density at radius 1 is 1.09 bits per heavy atom. The lowest BCUT2D eigenvalue weighted by atomic mass is 10.2. The van der Waals surface area contributed by atoms with Crippen LogP contribution in [-0.4, -0.2) is 21.9 Å². The first kappa shape index (κ1) is 14.0. The molecule has 0 aliphatic heterocycles. The molecule has 0 aliphatic carbocycles. The monoisotopic (exact) mass is 293 g/mol. The molecular formula is C17H15N3O2. The van der Waals surface area contributed by atoms with E-state index in [-0.39, 0.29) is 11.3 Å². The molecule has 22 heavy (non-hydrogen) atoms. The van der Waals surface area contributed by atoms with Gasteiger partial charge in [-0.15, -0.1) is 0 Å². The van der Waals surface area contributed by atoms with Gasteiger partial charge in [0.15, 0.2) is 5.75 Å². The molecule has 0 spiro atoms. The Balaban J connectivity index is 2.04. The highest BCUT2D eigenvalue weighted by Crippen LogP contribution is 2.23. The third-order valence-corrected chi connectivity index (χ3v) is 3.32. The van der Waals surface area contributed by atoms with Crippen LogP contribution in [-0.2, 0) is 6.54 Å². The summed E-state index contributed by atoms with van der Waals surface area (Å²) in [6.45, 7) is 0.401. The van der Waals surface area contributed by atoms with Gasteiger partial charge in [0.05, 0.1) is 31.1 Å². The number of hydrogen-bond acceptors (Lipinski definition) is 4. The van der Waals surface area contributed by atoms with Gasteiger partial charge >= 0.3 is 5.56 Å². The molecule has 0 fully saturated rings. The van der Waals surface area contributed by atoms with Crippen LogP contribution in [0.25, 0.3) is 11.3 Å². The second-order valence-electron chi connectivity index (χ2n) is 4.75. The largest absolute Gasteiger partial charge is 0.491 e. The van der Waals surface area contributed by atoms with E-state index in [2.05, 4.69) is 10.1 Å². The molecule has 0 amide bonds. The standard InChI is InChI=1S/C17H15N3O2/c1-22-16-14(15-9-5-6-10-18-15)11-19-20(17(16)21)12-13-7-3-2-4-8-13/h2-11H,12H2,1H3. The highest BCUT2D eigenvalue weighted by atomic mass is 16.5. The van der Waals surface area contributed by atoms with E-state index in [1.54, 1.807) is 12.4 Å². The molecule has 0 atom stereocenters. The number of methoxy groups -OCH3 is 1. The summed E-state index contributed by atoms with van der Waals surface area (Å²) in [6, 6.07) is 15.2. The molecular weight excluding hydrogens is 278 g/mol. The molecule has 0 bridgehead atoms. The lowest BCUT2D eigenvalue weighted by Crippen LogP contribution is -2.25. The van der Waals surface area contributed by atoms with E-state index in [4.69, 9.17) is 4.74 Å². The van der Waals surface area contributed by atoms with Gasteiger partial charge in [-0.05, 0) is 17.7 Å². The van der Waals surface area contributed by atoms with E-state index in [1.807, 2.05) is 48.5 Å². The lowest BCUT2D eigenvalue weighted by molar-refractivity contribution is 0.400. The fraction of sp³-hybridized carbons (Fsp3) is 0.118. The maximum Gasteiger partial charge on any atom is 0.310 e. The quantitative estimate of drug-likeness (QED) is 0.741. The minimum atomic E-state index is -0.269. The van der Waals surface area contributed by atoms with Gasteiger partial charge in [-0.2, -0.15) is 5.10 Å². The van der Waals surface area contributed by atoms with E-state index in [1.165, 1.54) is 11.8 Å². The summed E-state index contributed by atoms with van der Waals surface area (Å²) in [6.07, 6.45) is 3.29. The molecule has 3 rings (SSSR count). The van der Waals surface area contributed by atoms with Crippen LogP contribution in [0.3, 0.4) is 0 Å². The number of nitrogens with zero attached hydrogens (tertiary/aromatic N) is 3. The number of ether oxygens (including phenoxy) is 1. The first-order valence-electron chi connectivity index (χ1n) is 6.89. The Kier molecular flexibility index (Phi) is 3.96. The number of pyridine rings is 1. The van der Waals surface area contributed by atoms with Gasteiger partial charge in [0, 0.05) is 6.20 Å². The second-order valence-corrected chi connectivity index (χ2v) is 4.75. The molecule has 5 heteroatoms. The molecule has 2 aromatic heterocycles. The number of benzene rings is 1. The molecule has 2 heterocycles. The fourth-order valence-corrected chi connectivity index (χ4v) is 2.24. The van der Waals surface area contributed by atoms with Crippen molar-refractivity contribution in [3.05, 3.63) is 76.8 Å². The van der Waals surface area contributed by atoms with Crippen molar-refractivity contribution in [2.24, 2.45) is 0 Å². The van der Waals surface area contributed by atoms with Gasteiger partial charge in [-0.25, -0.2) is 4.68 Å². The van der Waals surface area contributed by atoms with Crippen molar-refractivity contribution < 1.29 is 4.74 Å². The molecule has 1 aromatic carbocycles. The Morgan fingerprint density at radius 3 is 2.55 bits per heavy atom. The number of aromatic nitrogens is 3. The first-order valence-corrected chi connectivity index (χ1v) is 6.89. The second kappa shape index (κ2) is 6.22. The predicted octanol–water partition coefficient (Wildman–Crippen LogP) is 2.36. The average Bonchev–Trinajstić information content (AvgIpc) is 2.58. The van der Waals surface area contributed by atoms with Crippen molar-refractivity contribution in [3.63, 3.8) is 0 Å². The van der Waals surface area contributed by atoms with E-state index in [0.717, 1.165) is 5.56 Å². The molecule has 110 valence electrons. The smallest absolute Gasteiger partial charge is 0.310 e. The highest BCUT2D eigenvalue weighted by molar-refractivity contribution is 5.64. The molecule has 0 saturated carbocycles. The highest BCUT2D eigenvalue weighted by Gasteiger charge is 2.14. The van der Waals surface area contributed by atoms with E-state index < -0.39 is 0 Å². The normalized spacial score (nSPS) is 10.4. The maximum absolute atomic E-state index is 12.5. The SMILES string of the molecule is COc1c(-c2ccccn2)cnn(Cc2ccccc2)c1=O. The van der Waals surface area contributed by atoms with Crippen LogP contribution in [0.2, 0.25) is 0 Å². The van der Waals surface area contributed by atoms with Crippen molar-refractivity contribution in [2.75, 3.05) is 7.11 Å². The fourth-order valence-electron chi connectivity index (χ4n) is 2.24. The minimum absolute atomic E-state index is 0.254. The summed E-state index contributed by atoms with van der Waals surface area (Å²) in [7, 11) is 1.48. The summed E-state index contributed by atoms with van der Waals surface area (Å²) in [5, 5.41) is 4.24. The van der Waals surface area contributed by atoms with Crippen LogP contribution in [0.4, 0.5) is 0 Å². The molecule has 3 aromatic rings. The lowest BCUT2D eigenvalue weighted by Gasteiger charge is -2.10. The van der Waals surface area contributed by atoms with Crippen LogP contribution in [0.1, 0.15) is 5.56 Å². The van der Waals surface area contributed by atoms with Crippen molar-refractivity contribution >= 4 is 0 Å². The Bertz CT molecular complexity index is 814. The van der Waals surface area contributed by atoms with Crippen LogP contribution < -0.4 is 10.3 Å². The third-order valence-electron chi connectivity index (χ3n) is 3.32. The summed E-state index contributed by atoms with van der Waals surface area (Å²) >= 11 is 0. The zero-order valence-corrected chi connectivity index (χ0v) is 12.1. The molecule has 0 unspecified atom stereocenters. The Labute approximate surface area is 127 Å². The van der Waals surface area contributed by atoms with E-state index in [0.29, 0.717) is 17.8 Å². The number of hydrogen-bond donors (Lipinski definition) is 0. The predicted molar refractivity (Wildman–Crippen MR) is 83.8 cm³/mol. The Hall–Kier alpha value is -2.95. The maximum atomic E-state index is 12.5. The van der Waals surface area contributed by atoms with Crippen LogP contribution in [0.5, 0.6) is 5.75 Å². The van der Waals surface area contributed by atoms with Gasteiger partial charge in [0.2, 0.25) is 0 Å². The zero-order valence-electron chi connectivity index (χ0n) is 12.1. The van der Waals surface area contributed by atoms with Crippen molar-refractivity contribution in [1.29, 1.82) is 0 Å². The first-order chi connectivity index (χ1) is 10.8. The van der Waals surface area contributed by atoms with Gasteiger partial charge in [-0.3, -0.25) is 9.78 Å². The molecule has 5 nitrogen and oxygen atoms in total. The summed E-state index contributed by atoms with van der Waals surface area (Å²) in [5.74, 6) is 0.254. The van der Waals surface area contributed by atoms with Crippen LogP contribution in [0.15, 0.2) is 65.7 Å². The van der Waals surface area contributed by atoms with Gasteiger partial charge in [0.25, 0.3) is 0 Å². The summed E-state index contributed by atoms with van der Waals surface area (Å²) in [5.41, 5.74) is 1.99. The van der Waals surface area contributed by atoms with E-state index in [9.17, 15) is 4.79 Å². The zero-order chi connectivity index (χ0) is 15.4. The minimum Gasteiger partial charge on any atom is -0.491 e. The summed E-state index contributed by atoms with van der Waals surface area (Å²) < 4.78 is 6.69. The van der Waals surface area contributed by atoms with Crippen molar-refractivity contribution in [1.82, 2.24) is 14.8 Å². The van der Waals surface area contributed by atoms with Gasteiger partial charge in [0.1, 0.15) is 0 Å². The van der Waals surface area contributed by atoms with Crippen LogP contribution in [0, 0.1) is 0 Å². The molecule has 0 radical (unpaired) electrons. The van der Waals surface area contributed by atoms with Gasteiger partial charge in [-0.1, -0.05) is 36.4 Å². The third kappa shape index (κ3) is 2.74. The van der Waals surface area contributed by atoms with Crippen molar-refractivity contribution in [3.8, 4) is 17.0 Å². The topological polar surface area (TPSA) is 57.0 Å². The molecule has 0 aliphatic rings. The van der Waals surface area contributed by atoms with Crippen LogP contribution >= 0.6 is 0 Å². The Morgan fingerprint density at radius 2 is 1.86 bits per heavy atom. The summed E-state index contributed by atoms with van der Waals surface area (Å²) in [4.78, 5) is 16.8. The molecule has 0 N–H and O–H groups in total. The van der Waals surface area contributed by atoms with Gasteiger partial charge < -0.3 is 4.74 Å². The van der Waals surface area contributed by atoms with E-state index >= 15 is 0 Å². The van der Waals surface area contributed by atoms with Crippen molar-refractivity contribution in [2.45, 2.75) is 6.54 Å². The average molecular weight is 293 g/mol. The molecule has 0 saturated heterocycles. The number of rotatable bonds is 4.